The minimum Gasteiger partial charge on any atom is -0.350 e. The van der Waals surface area contributed by atoms with Gasteiger partial charge in [0, 0.05) is 19.5 Å². The van der Waals surface area contributed by atoms with Crippen molar-refractivity contribution in [3.8, 4) is 0 Å². The van der Waals surface area contributed by atoms with Crippen LogP contribution in [0.5, 0.6) is 0 Å². The van der Waals surface area contributed by atoms with E-state index in [4.69, 9.17) is 0 Å². The Kier molecular flexibility index (Phi) is 7.53. The van der Waals surface area contributed by atoms with E-state index in [0.717, 1.165) is 16.7 Å². The Morgan fingerprint density at radius 1 is 1.04 bits per heavy atom. The van der Waals surface area contributed by atoms with Gasteiger partial charge in [0.1, 0.15) is 11.9 Å². The molecule has 0 aliphatic heterocycles. The maximum atomic E-state index is 13.1. The van der Waals surface area contributed by atoms with Crippen molar-refractivity contribution in [2.75, 3.05) is 0 Å². The maximum Gasteiger partial charge on any atom is 0.242 e. The third kappa shape index (κ3) is 6.20. The fraction of sp³-hybridized carbons (Fsp3) is 0.364. The quantitative estimate of drug-likeness (QED) is 0.764. The van der Waals surface area contributed by atoms with Crippen LogP contribution < -0.4 is 5.32 Å². The number of nitrogens with one attached hydrogen (secondary N) is 1. The molecule has 0 heterocycles. The maximum absolute atomic E-state index is 13.1. The van der Waals surface area contributed by atoms with E-state index in [1.54, 1.807) is 24.0 Å². The molecule has 0 spiro atoms. The predicted octanol–water partition coefficient (Wildman–Crippen LogP) is 3.97. The van der Waals surface area contributed by atoms with Gasteiger partial charge in [-0.3, -0.25) is 9.59 Å². The molecule has 27 heavy (non-hydrogen) atoms. The van der Waals surface area contributed by atoms with Crippen LogP contribution in [0.2, 0.25) is 0 Å². The van der Waals surface area contributed by atoms with E-state index >= 15 is 0 Å². The Bertz CT molecular complexity index is 757. The summed E-state index contributed by atoms with van der Waals surface area (Å²) in [6.45, 7) is 6.35. The molecule has 144 valence electrons. The topological polar surface area (TPSA) is 49.4 Å². The van der Waals surface area contributed by atoms with E-state index in [1.165, 1.54) is 12.1 Å². The monoisotopic (exact) mass is 370 g/mol. The van der Waals surface area contributed by atoms with Crippen LogP contribution >= 0.6 is 0 Å². The average Bonchev–Trinajstić information content (AvgIpc) is 2.66. The number of benzene rings is 2. The van der Waals surface area contributed by atoms with Crippen molar-refractivity contribution in [1.82, 2.24) is 10.2 Å². The summed E-state index contributed by atoms with van der Waals surface area (Å²) in [7, 11) is 0. The molecule has 0 saturated heterocycles. The van der Waals surface area contributed by atoms with E-state index < -0.39 is 6.04 Å². The molecule has 1 N–H and O–H groups in total. The van der Waals surface area contributed by atoms with Crippen LogP contribution in [0.25, 0.3) is 0 Å². The summed E-state index contributed by atoms with van der Waals surface area (Å²) in [6.07, 6.45) is 1.08. The van der Waals surface area contributed by atoms with Crippen LogP contribution in [0.1, 0.15) is 43.4 Å². The first-order valence-corrected chi connectivity index (χ1v) is 9.28. The normalized spacial score (nSPS) is 11.7. The van der Waals surface area contributed by atoms with Crippen LogP contribution in [0.4, 0.5) is 4.39 Å². The zero-order valence-corrected chi connectivity index (χ0v) is 16.2. The molecule has 0 fully saturated rings. The summed E-state index contributed by atoms with van der Waals surface area (Å²) < 4.78 is 13.1. The Balaban J connectivity index is 2.05. The molecule has 0 bridgehead atoms. The van der Waals surface area contributed by atoms with Crippen LogP contribution in [-0.4, -0.2) is 22.8 Å². The lowest BCUT2D eigenvalue weighted by Crippen LogP contribution is -2.47. The van der Waals surface area contributed by atoms with Crippen LogP contribution in [-0.2, 0) is 22.7 Å². The second-order valence-electron chi connectivity index (χ2n) is 6.78. The highest BCUT2D eigenvalue weighted by atomic mass is 19.1. The number of rotatable bonds is 8. The Morgan fingerprint density at radius 3 is 2.22 bits per heavy atom. The number of amides is 2. The number of hydrogen-bond acceptors (Lipinski definition) is 2. The van der Waals surface area contributed by atoms with Crippen molar-refractivity contribution in [3.05, 3.63) is 71.0 Å². The molecule has 5 heteroatoms. The molecule has 0 saturated carbocycles. The van der Waals surface area contributed by atoms with E-state index in [2.05, 4.69) is 5.32 Å². The number of carbonyl (C=O) groups excluding carboxylic acids is 2. The number of nitrogens with zero attached hydrogens (tertiary/aromatic N) is 1. The largest absolute Gasteiger partial charge is 0.350 e. The van der Waals surface area contributed by atoms with Gasteiger partial charge in [0.2, 0.25) is 11.8 Å². The molecule has 2 amide bonds. The lowest BCUT2D eigenvalue weighted by molar-refractivity contribution is -0.140. The first-order valence-electron chi connectivity index (χ1n) is 9.28. The third-order valence-corrected chi connectivity index (χ3v) is 4.48. The third-order valence-electron chi connectivity index (χ3n) is 4.48. The molecule has 0 unspecified atom stereocenters. The second-order valence-corrected chi connectivity index (χ2v) is 6.78. The molecule has 0 aromatic heterocycles. The van der Waals surface area contributed by atoms with Gasteiger partial charge in [0.25, 0.3) is 0 Å². The van der Waals surface area contributed by atoms with E-state index in [-0.39, 0.29) is 24.2 Å². The summed E-state index contributed by atoms with van der Waals surface area (Å²) >= 11 is 0. The highest BCUT2D eigenvalue weighted by Crippen LogP contribution is 2.13. The van der Waals surface area contributed by atoms with Gasteiger partial charge in [-0.15, -0.1) is 0 Å². The van der Waals surface area contributed by atoms with Gasteiger partial charge >= 0.3 is 0 Å². The summed E-state index contributed by atoms with van der Waals surface area (Å²) in [6, 6.07) is 13.3. The summed E-state index contributed by atoms with van der Waals surface area (Å²) in [5.74, 6) is -0.615. The minimum atomic E-state index is -0.612. The van der Waals surface area contributed by atoms with Crippen LogP contribution in [0.3, 0.4) is 0 Å². The summed E-state index contributed by atoms with van der Waals surface area (Å²) in [5.41, 5.74) is 2.96. The molecular weight excluding hydrogens is 343 g/mol. The average molecular weight is 370 g/mol. The molecule has 4 nitrogen and oxygen atoms in total. The van der Waals surface area contributed by atoms with Crippen LogP contribution in [0, 0.1) is 12.7 Å². The number of hydrogen-bond donors (Lipinski definition) is 1. The first-order chi connectivity index (χ1) is 12.9. The highest BCUT2D eigenvalue weighted by molar-refractivity contribution is 5.87. The molecule has 0 aliphatic rings. The molecule has 2 rings (SSSR count). The molecule has 1 atom stereocenters. The van der Waals surface area contributed by atoms with Crippen molar-refractivity contribution >= 4 is 11.8 Å². The second kappa shape index (κ2) is 9.86. The molecular formula is C22H27FN2O2. The van der Waals surface area contributed by atoms with Gasteiger partial charge in [-0.2, -0.15) is 0 Å². The SMILES string of the molecule is CCCC(=O)N(Cc1ccc(F)cc1)[C@H](C)C(=O)NCc1ccc(C)cc1. The predicted molar refractivity (Wildman–Crippen MR) is 104 cm³/mol. The van der Waals surface area contributed by atoms with Gasteiger partial charge < -0.3 is 10.2 Å². The smallest absolute Gasteiger partial charge is 0.242 e. The fourth-order valence-electron chi connectivity index (χ4n) is 2.77. The van der Waals surface area contributed by atoms with Crippen molar-refractivity contribution < 1.29 is 14.0 Å². The van der Waals surface area contributed by atoms with Crippen molar-refractivity contribution in [3.63, 3.8) is 0 Å². The zero-order chi connectivity index (χ0) is 19.8. The van der Waals surface area contributed by atoms with E-state index in [9.17, 15) is 14.0 Å². The van der Waals surface area contributed by atoms with E-state index in [0.29, 0.717) is 19.4 Å². The summed E-state index contributed by atoms with van der Waals surface area (Å²) in [5, 5.41) is 2.90. The Labute approximate surface area is 160 Å². The lowest BCUT2D eigenvalue weighted by Gasteiger charge is -2.28. The van der Waals surface area contributed by atoms with Gasteiger partial charge in [-0.1, -0.05) is 48.9 Å². The standard InChI is InChI=1S/C22H27FN2O2/c1-4-5-21(26)25(15-19-10-12-20(23)13-11-19)17(3)22(27)24-14-18-8-6-16(2)7-9-18/h6-13,17H,4-5,14-15H2,1-3H3,(H,24,27)/t17-/m1/s1. The summed E-state index contributed by atoms with van der Waals surface area (Å²) in [4.78, 5) is 26.7. The van der Waals surface area contributed by atoms with Gasteiger partial charge in [0.15, 0.2) is 0 Å². The highest BCUT2D eigenvalue weighted by Gasteiger charge is 2.25. The minimum absolute atomic E-state index is 0.0835. The number of carbonyl (C=O) groups is 2. The van der Waals surface area contributed by atoms with Crippen molar-refractivity contribution in [2.45, 2.75) is 52.7 Å². The van der Waals surface area contributed by atoms with E-state index in [1.807, 2.05) is 38.1 Å². The Morgan fingerprint density at radius 2 is 1.63 bits per heavy atom. The lowest BCUT2D eigenvalue weighted by atomic mass is 10.1. The van der Waals surface area contributed by atoms with Gasteiger partial charge in [-0.05, 0) is 43.5 Å². The van der Waals surface area contributed by atoms with Crippen molar-refractivity contribution in [2.24, 2.45) is 0 Å². The molecule has 2 aromatic carbocycles. The van der Waals surface area contributed by atoms with Gasteiger partial charge in [0.05, 0.1) is 0 Å². The number of halogens is 1. The van der Waals surface area contributed by atoms with Crippen LogP contribution in [0.15, 0.2) is 48.5 Å². The first kappa shape index (κ1) is 20.6. The molecule has 0 aliphatic carbocycles. The molecule has 2 aromatic rings. The number of aryl methyl sites for hydroxylation is 1. The van der Waals surface area contributed by atoms with Gasteiger partial charge in [-0.25, -0.2) is 4.39 Å². The molecule has 0 radical (unpaired) electrons. The fourth-order valence-corrected chi connectivity index (χ4v) is 2.77. The van der Waals surface area contributed by atoms with Crippen molar-refractivity contribution in [1.29, 1.82) is 0 Å². The Hall–Kier alpha value is -2.69. The zero-order valence-electron chi connectivity index (χ0n) is 16.2.